The van der Waals surface area contributed by atoms with Crippen molar-refractivity contribution >= 4 is 17.8 Å². The number of carboxylic acid groups (broad SMARTS) is 1. The van der Waals surface area contributed by atoms with Crippen molar-refractivity contribution in [1.82, 2.24) is 10.2 Å². The fraction of sp³-hybridized carbons (Fsp3) is 0.786. The molecule has 112 valence electrons. The molecule has 0 aromatic heterocycles. The summed E-state index contributed by atoms with van der Waals surface area (Å²) in [4.78, 5) is 36.6. The average molecular weight is 282 g/mol. The first-order chi connectivity index (χ1) is 9.53. The minimum absolute atomic E-state index is 0.0200. The quantitative estimate of drug-likeness (QED) is 0.750. The van der Waals surface area contributed by atoms with E-state index in [1.54, 1.807) is 0 Å². The van der Waals surface area contributed by atoms with Crippen LogP contribution < -0.4 is 5.32 Å². The monoisotopic (exact) mass is 282 g/mol. The van der Waals surface area contributed by atoms with Gasteiger partial charge in [-0.25, -0.2) is 4.79 Å². The smallest absolute Gasteiger partial charge is 0.329 e. The number of amides is 2. The number of nitrogens with zero attached hydrogens (tertiary/aromatic N) is 1. The molecule has 1 saturated heterocycles. The number of rotatable bonds is 4. The molecule has 2 aliphatic rings. The van der Waals surface area contributed by atoms with Crippen LogP contribution in [-0.2, 0) is 14.4 Å². The van der Waals surface area contributed by atoms with Crippen molar-refractivity contribution in [1.29, 1.82) is 0 Å². The molecule has 0 unspecified atom stereocenters. The highest BCUT2D eigenvalue weighted by Crippen LogP contribution is 2.27. The molecule has 1 aliphatic heterocycles. The van der Waals surface area contributed by atoms with Gasteiger partial charge in [-0.3, -0.25) is 9.59 Å². The van der Waals surface area contributed by atoms with Gasteiger partial charge in [0.15, 0.2) is 0 Å². The van der Waals surface area contributed by atoms with Gasteiger partial charge in [0.05, 0.1) is 6.54 Å². The molecule has 0 aromatic carbocycles. The van der Waals surface area contributed by atoms with Crippen molar-refractivity contribution in [3.8, 4) is 0 Å². The molecule has 0 aromatic rings. The summed E-state index contributed by atoms with van der Waals surface area (Å²) >= 11 is 0. The first-order valence-corrected chi connectivity index (χ1v) is 7.36. The number of carbonyl (C=O) groups excluding carboxylic acids is 2. The summed E-state index contributed by atoms with van der Waals surface area (Å²) in [5.74, 6) is -1.34. The average Bonchev–Trinajstić information content (AvgIpc) is 2.66. The molecule has 2 fully saturated rings. The van der Waals surface area contributed by atoms with E-state index in [0.29, 0.717) is 25.8 Å². The maximum atomic E-state index is 12.1. The predicted molar refractivity (Wildman–Crippen MR) is 72.0 cm³/mol. The summed E-state index contributed by atoms with van der Waals surface area (Å²) in [6, 6.07) is 0. The predicted octanol–water partition coefficient (Wildman–Crippen LogP) is 0.903. The highest BCUT2D eigenvalue weighted by molar-refractivity contribution is 5.90. The van der Waals surface area contributed by atoms with Crippen molar-refractivity contribution in [2.75, 3.05) is 13.1 Å². The van der Waals surface area contributed by atoms with Gasteiger partial charge < -0.3 is 15.3 Å². The van der Waals surface area contributed by atoms with Crippen molar-refractivity contribution in [2.24, 2.45) is 0 Å². The third-order valence-electron chi connectivity index (χ3n) is 4.25. The lowest BCUT2D eigenvalue weighted by Gasteiger charge is -2.30. The second-order valence-electron chi connectivity index (χ2n) is 5.77. The van der Waals surface area contributed by atoms with Crippen LogP contribution in [0, 0.1) is 0 Å². The van der Waals surface area contributed by atoms with Gasteiger partial charge in [-0.05, 0) is 19.3 Å². The topological polar surface area (TPSA) is 86.7 Å². The lowest BCUT2D eigenvalue weighted by molar-refractivity contribution is -0.148. The zero-order chi connectivity index (χ0) is 14.6. The number of carbonyl (C=O) groups is 3. The van der Waals surface area contributed by atoms with Gasteiger partial charge in [0.1, 0.15) is 5.54 Å². The summed E-state index contributed by atoms with van der Waals surface area (Å²) in [5, 5.41) is 12.2. The van der Waals surface area contributed by atoms with Crippen LogP contribution in [0.3, 0.4) is 0 Å². The molecule has 0 bridgehead atoms. The van der Waals surface area contributed by atoms with Crippen LogP contribution in [0.5, 0.6) is 0 Å². The van der Waals surface area contributed by atoms with Crippen molar-refractivity contribution < 1.29 is 19.5 Å². The minimum Gasteiger partial charge on any atom is -0.480 e. The normalized spacial score (nSPS) is 22.4. The second kappa shape index (κ2) is 6.24. The van der Waals surface area contributed by atoms with Crippen LogP contribution in [-0.4, -0.2) is 46.4 Å². The number of aliphatic carboxylic acids is 1. The van der Waals surface area contributed by atoms with Gasteiger partial charge in [-0.1, -0.05) is 25.7 Å². The SMILES string of the molecule is O=C(CN1CCCC1=O)NC1(C(=O)O)CCCCCC1. The standard InChI is InChI=1S/C14H22N2O4/c17-11(10-16-9-5-6-12(16)18)15-14(13(19)20)7-3-1-2-4-8-14/h1-10H2,(H,15,17)(H,19,20). The fourth-order valence-corrected chi connectivity index (χ4v) is 3.08. The van der Waals surface area contributed by atoms with Crippen LogP contribution in [0.4, 0.5) is 0 Å². The Hall–Kier alpha value is -1.59. The fourth-order valence-electron chi connectivity index (χ4n) is 3.08. The van der Waals surface area contributed by atoms with E-state index in [2.05, 4.69) is 5.32 Å². The largest absolute Gasteiger partial charge is 0.480 e. The van der Waals surface area contributed by atoms with E-state index in [1.807, 2.05) is 0 Å². The number of hydrogen-bond donors (Lipinski definition) is 2. The Morgan fingerprint density at radius 1 is 1.15 bits per heavy atom. The van der Waals surface area contributed by atoms with Crippen molar-refractivity contribution in [2.45, 2.75) is 56.9 Å². The molecule has 6 nitrogen and oxygen atoms in total. The van der Waals surface area contributed by atoms with Gasteiger partial charge in [0, 0.05) is 13.0 Å². The minimum atomic E-state index is -1.14. The summed E-state index contributed by atoms with van der Waals surface area (Å²) in [6.45, 7) is 0.570. The van der Waals surface area contributed by atoms with Crippen LogP contribution in [0.25, 0.3) is 0 Å². The number of hydrogen-bond acceptors (Lipinski definition) is 3. The number of carboxylic acids is 1. The maximum Gasteiger partial charge on any atom is 0.329 e. The Morgan fingerprint density at radius 2 is 1.80 bits per heavy atom. The van der Waals surface area contributed by atoms with E-state index in [-0.39, 0.29) is 18.4 Å². The van der Waals surface area contributed by atoms with Crippen molar-refractivity contribution in [3.63, 3.8) is 0 Å². The van der Waals surface area contributed by atoms with Crippen LogP contribution in [0.2, 0.25) is 0 Å². The lowest BCUT2D eigenvalue weighted by atomic mass is 9.90. The molecule has 1 aliphatic carbocycles. The molecule has 6 heteroatoms. The zero-order valence-electron chi connectivity index (χ0n) is 11.7. The highest BCUT2D eigenvalue weighted by Gasteiger charge is 2.40. The first-order valence-electron chi connectivity index (χ1n) is 7.36. The molecule has 2 amide bonds. The molecule has 1 saturated carbocycles. The molecule has 0 spiro atoms. The number of nitrogens with one attached hydrogen (secondary N) is 1. The van der Waals surface area contributed by atoms with Gasteiger partial charge in [-0.2, -0.15) is 0 Å². The van der Waals surface area contributed by atoms with Crippen LogP contribution in [0.15, 0.2) is 0 Å². The summed E-state index contributed by atoms with van der Waals surface area (Å²) in [6.07, 6.45) is 5.85. The van der Waals surface area contributed by atoms with Gasteiger partial charge >= 0.3 is 5.97 Å². The Labute approximate surface area is 118 Å². The summed E-state index contributed by atoms with van der Waals surface area (Å²) < 4.78 is 0. The molecular weight excluding hydrogens is 260 g/mol. The van der Waals surface area contributed by atoms with E-state index in [9.17, 15) is 19.5 Å². The molecule has 0 atom stereocenters. The van der Waals surface area contributed by atoms with Gasteiger partial charge in [0.25, 0.3) is 0 Å². The van der Waals surface area contributed by atoms with E-state index < -0.39 is 11.5 Å². The molecule has 2 N–H and O–H groups in total. The molecule has 0 radical (unpaired) electrons. The third kappa shape index (κ3) is 3.29. The van der Waals surface area contributed by atoms with Crippen LogP contribution in [0.1, 0.15) is 51.4 Å². The zero-order valence-corrected chi connectivity index (χ0v) is 11.7. The molecule has 1 heterocycles. The van der Waals surface area contributed by atoms with Gasteiger partial charge in [-0.15, -0.1) is 0 Å². The molecular formula is C14H22N2O4. The number of likely N-dealkylation sites (tertiary alicyclic amines) is 1. The highest BCUT2D eigenvalue weighted by atomic mass is 16.4. The maximum absolute atomic E-state index is 12.1. The molecule has 2 rings (SSSR count). The summed E-state index contributed by atoms with van der Waals surface area (Å²) in [5.41, 5.74) is -1.14. The Balaban J connectivity index is 1.98. The Bertz CT molecular complexity index is 400. The third-order valence-corrected chi connectivity index (χ3v) is 4.25. The molecule has 20 heavy (non-hydrogen) atoms. The van der Waals surface area contributed by atoms with E-state index in [0.717, 1.165) is 32.1 Å². The first kappa shape index (κ1) is 14.8. The Morgan fingerprint density at radius 3 is 2.30 bits per heavy atom. The van der Waals surface area contributed by atoms with E-state index in [1.165, 1.54) is 4.90 Å². The van der Waals surface area contributed by atoms with Gasteiger partial charge in [0.2, 0.25) is 11.8 Å². The Kier molecular flexibility index (Phi) is 4.62. The van der Waals surface area contributed by atoms with E-state index >= 15 is 0 Å². The second-order valence-corrected chi connectivity index (χ2v) is 5.77. The summed E-state index contributed by atoms with van der Waals surface area (Å²) in [7, 11) is 0. The van der Waals surface area contributed by atoms with E-state index in [4.69, 9.17) is 0 Å². The lowest BCUT2D eigenvalue weighted by Crippen LogP contribution is -2.56. The van der Waals surface area contributed by atoms with Crippen LogP contribution >= 0.6 is 0 Å². The van der Waals surface area contributed by atoms with Crippen molar-refractivity contribution in [3.05, 3.63) is 0 Å².